The van der Waals surface area contributed by atoms with Gasteiger partial charge in [-0.1, -0.05) is 19.3 Å². The van der Waals surface area contributed by atoms with Crippen LogP contribution in [0.25, 0.3) is 0 Å². The lowest BCUT2D eigenvalue weighted by molar-refractivity contribution is -0.0884. The zero-order valence-electron chi connectivity index (χ0n) is 8.21. The lowest BCUT2D eigenvalue weighted by Crippen LogP contribution is -2.23. The molecule has 0 radical (unpaired) electrons. The molecule has 0 aliphatic heterocycles. The molecule has 12 heavy (non-hydrogen) atoms. The summed E-state index contributed by atoms with van der Waals surface area (Å²) in [7, 11) is 1.67. The Hall–Kier alpha value is -0.0800. The fourth-order valence-corrected chi connectivity index (χ4v) is 1.92. The molecule has 72 valence electrons. The molecule has 1 saturated carbocycles. The van der Waals surface area contributed by atoms with Gasteiger partial charge < -0.3 is 9.47 Å². The van der Waals surface area contributed by atoms with Crippen molar-refractivity contribution in [2.24, 2.45) is 5.92 Å². The molecule has 0 aromatic carbocycles. The summed E-state index contributed by atoms with van der Waals surface area (Å²) in [5.41, 5.74) is 0. The average molecular weight is 172 g/mol. The van der Waals surface area contributed by atoms with Crippen LogP contribution in [0.2, 0.25) is 0 Å². The van der Waals surface area contributed by atoms with Crippen LogP contribution in [-0.4, -0.2) is 20.0 Å². The Labute approximate surface area is 75.2 Å². The van der Waals surface area contributed by atoms with Crippen molar-refractivity contribution in [1.82, 2.24) is 0 Å². The van der Waals surface area contributed by atoms with E-state index in [1.165, 1.54) is 32.1 Å². The maximum atomic E-state index is 5.51. The van der Waals surface area contributed by atoms with Gasteiger partial charge in [0.1, 0.15) is 6.79 Å². The van der Waals surface area contributed by atoms with Gasteiger partial charge in [-0.25, -0.2) is 0 Å². The van der Waals surface area contributed by atoms with E-state index >= 15 is 0 Å². The molecule has 1 fully saturated rings. The quantitative estimate of drug-likeness (QED) is 0.607. The van der Waals surface area contributed by atoms with Crippen LogP contribution in [0.1, 0.15) is 39.0 Å². The third kappa shape index (κ3) is 3.11. The summed E-state index contributed by atoms with van der Waals surface area (Å²) in [5, 5.41) is 0. The maximum Gasteiger partial charge on any atom is 0.146 e. The summed E-state index contributed by atoms with van der Waals surface area (Å²) in [6.45, 7) is 2.60. The van der Waals surface area contributed by atoms with Gasteiger partial charge in [0.25, 0.3) is 0 Å². The first-order valence-electron chi connectivity index (χ1n) is 4.95. The smallest absolute Gasteiger partial charge is 0.146 e. The van der Waals surface area contributed by atoms with Crippen LogP contribution in [0.5, 0.6) is 0 Å². The molecule has 2 heteroatoms. The van der Waals surface area contributed by atoms with Crippen molar-refractivity contribution in [2.45, 2.75) is 45.1 Å². The third-order valence-corrected chi connectivity index (χ3v) is 2.76. The minimum Gasteiger partial charge on any atom is -0.359 e. The molecular weight excluding hydrogens is 152 g/mol. The van der Waals surface area contributed by atoms with Crippen molar-refractivity contribution in [3.63, 3.8) is 0 Å². The predicted molar refractivity (Wildman–Crippen MR) is 49.0 cm³/mol. The van der Waals surface area contributed by atoms with Gasteiger partial charge in [0, 0.05) is 7.11 Å². The normalized spacial score (nSPS) is 22.5. The highest BCUT2D eigenvalue weighted by molar-refractivity contribution is 4.70. The summed E-state index contributed by atoms with van der Waals surface area (Å²) < 4.78 is 10.4. The van der Waals surface area contributed by atoms with Crippen LogP contribution in [0.4, 0.5) is 0 Å². The third-order valence-electron chi connectivity index (χ3n) is 2.76. The zero-order valence-corrected chi connectivity index (χ0v) is 8.21. The Bertz CT molecular complexity index is 108. The van der Waals surface area contributed by atoms with Gasteiger partial charge >= 0.3 is 0 Å². The summed E-state index contributed by atoms with van der Waals surface area (Å²) in [4.78, 5) is 0. The van der Waals surface area contributed by atoms with Gasteiger partial charge in [0.05, 0.1) is 6.10 Å². The second-order valence-electron chi connectivity index (χ2n) is 3.68. The van der Waals surface area contributed by atoms with Gasteiger partial charge in [-0.2, -0.15) is 0 Å². The average Bonchev–Trinajstić information content (AvgIpc) is 2.15. The highest BCUT2D eigenvalue weighted by Crippen LogP contribution is 2.27. The first kappa shape index (κ1) is 10.0. The second kappa shape index (κ2) is 5.55. The van der Waals surface area contributed by atoms with Gasteiger partial charge in [0.15, 0.2) is 0 Å². The van der Waals surface area contributed by atoms with Gasteiger partial charge in [-0.15, -0.1) is 0 Å². The first-order valence-corrected chi connectivity index (χ1v) is 4.95. The van der Waals surface area contributed by atoms with Crippen molar-refractivity contribution in [3.05, 3.63) is 0 Å². The Morgan fingerprint density at radius 2 is 1.92 bits per heavy atom. The largest absolute Gasteiger partial charge is 0.359 e. The Morgan fingerprint density at radius 3 is 2.50 bits per heavy atom. The van der Waals surface area contributed by atoms with Crippen molar-refractivity contribution >= 4 is 0 Å². The Morgan fingerprint density at radius 1 is 1.25 bits per heavy atom. The van der Waals surface area contributed by atoms with Crippen LogP contribution >= 0.6 is 0 Å². The van der Waals surface area contributed by atoms with E-state index in [1.54, 1.807) is 7.11 Å². The van der Waals surface area contributed by atoms with Gasteiger partial charge in [-0.05, 0) is 25.7 Å². The predicted octanol–water partition coefficient (Wildman–Crippen LogP) is 2.58. The first-order chi connectivity index (χ1) is 5.84. The van der Waals surface area contributed by atoms with E-state index in [2.05, 4.69) is 6.92 Å². The number of rotatable bonds is 4. The maximum absolute atomic E-state index is 5.51. The lowest BCUT2D eigenvalue weighted by Gasteiger charge is -2.27. The molecule has 0 N–H and O–H groups in total. The van der Waals surface area contributed by atoms with Crippen molar-refractivity contribution in [2.75, 3.05) is 13.9 Å². The number of hydrogen-bond donors (Lipinski definition) is 0. The monoisotopic (exact) mass is 172 g/mol. The van der Waals surface area contributed by atoms with E-state index in [9.17, 15) is 0 Å². The van der Waals surface area contributed by atoms with Gasteiger partial charge in [-0.3, -0.25) is 0 Å². The highest BCUT2D eigenvalue weighted by atomic mass is 16.7. The SMILES string of the molecule is COCOC(C)C1CCCCC1. The molecule has 1 atom stereocenters. The van der Waals surface area contributed by atoms with Crippen LogP contribution < -0.4 is 0 Å². The van der Waals surface area contributed by atoms with Crippen molar-refractivity contribution in [1.29, 1.82) is 0 Å². The summed E-state index contributed by atoms with van der Waals surface area (Å²) in [6.07, 6.45) is 7.23. The van der Waals surface area contributed by atoms with E-state index in [0.717, 1.165) is 5.92 Å². The molecule has 1 rings (SSSR count). The summed E-state index contributed by atoms with van der Waals surface area (Å²) in [5.74, 6) is 0.772. The van der Waals surface area contributed by atoms with E-state index in [0.29, 0.717) is 12.9 Å². The Balaban J connectivity index is 2.15. The van der Waals surface area contributed by atoms with E-state index < -0.39 is 0 Å². The second-order valence-corrected chi connectivity index (χ2v) is 3.68. The van der Waals surface area contributed by atoms with Crippen LogP contribution in [-0.2, 0) is 9.47 Å². The number of ether oxygens (including phenoxy) is 2. The topological polar surface area (TPSA) is 18.5 Å². The van der Waals surface area contributed by atoms with Crippen LogP contribution in [0, 0.1) is 5.92 Å². The summed E-state index contributed by atoms with van der Waals surface area (Å²) >= 11 is 0. The number of hydrogen-bond acceptors (Lipinski definition) is 2. The van der Waals surface area contributed by atoms with E-state index in [1.807, 2.05) is 0 Å². The minimum atomic E-state index is 0.380. The molecule has 0 aromatic rings. The zero-order chi connectivity index (χ0) is 8.81. The molecule has 0 amide bonds. The molecule has 1 unspecified atom stereocenters. The van der Waals surface area contributed by atoms with Gasteiger partial charge in [0.2, 0.25) is 0 Å². The minimum absolute atomic E-state index is 0.380. The van der Waals surface area contributed by atoms with E-state index in [-0.39, 0.29) is 0 Å². The standard InChI is InChI=1S/C10H20O2/c1-9(12-8-11-2)10-6-4-3-5-7-10/h9-10H,3-8H2,1-2H3. The highest BCUT2D eigenvalue weighted by Gasteiger charge is 2.20. The molecule has 1 aliphatic carbocycles. The fraction of sp³-hybridized carbons (Fsp3) is 1.00. The van der Waals surface area contributed by atoms with E-state index in [4.69, 9.17) is 9.47 Å². The van der Waals surface area contributed by atoms with Crippen LogP contribution in [0.15, 0.2) is 0 Å². The lowest BCUT2D eigenvalue weighted by atomic mass is 9.86. The van der Waals surface area contributed by atoms with Crippen molar-refractivity contribution in [3.8, 4) is 0 Å². The Kier molecular flexibility index (Phi) is 4.62. The number of methoxy groups -OCH3 is 1. The van der Waals surface area contributed by atoms with Crippen molar-refractivity contribution < 1.29 is 9.47 Å². The fourth-order valence-electron chi connectivity index (χ4n) is 1.92. The van der Waals surface area contributed by atoms with Crippen LogP contribution in [0.3, 0.4) is 0 Å². The molecule has 0 aromatic heterocycles. The molecule has 0 spiro atoms. The molecule has 1 aliphatic rings. The molecule has 2 nitrogen and oxygen atoms in total. The molecule has 0 heterocycles. The summed E-state index contributed by atoms with van der Waals surface area (Å²) in [6, 6.07) is 0. The molecule has 0 bridgehead atoms. The molecular formula is C10H20O2. The molecule has 0 saturated heterocycles.